The van der Waals surface area contributed by atoms with E-state index in [4.69, 9.17) is 0 Å². The number of aryl methyl sites for hydroxylation is 1. The largest absolute Gasteiger partial charge is 0.463 e. The van der Waals surface area contributed by atoms with Crippen LogP contribution in [0.1, 0.15) is 30.9 Å². The lowest BCUT2D eigenvalue weighted by atomic mass is 9.80. The molecule has 6 nitrogen and oxygen atoms in total. The highest BCUT2D eigenvalue weighted by Gasteiger charge is 2.55. The number of alkyl halides is 1. The van der Waals surface area contributed by atoms with Gasteiger partial charge in [-0.05, 0) is 26.3 Å². The Bertz CT molecular complexity index is 572. The van der Waals surface area contributed by atoms with Crippen molar-refractivity contribution in [2.24, 2.45) is 0 Å². The third-order valence-electron chi connectivity index (χ3n) is 3.38. The highest BCUT2D eigenvalue weighted by Crippen LogP contribution is 2.35. The normalized spacial score (nSPS) is 14.7. The SMILES string of the molecule is CCOC(=O)[C@@](F)(C(C)=O)[C@@H](C[N+](=O)[O-])c1ccc(C)cc1. The van der Waals surface area contributed by atoms with Gasteiger partial charge in [0, 0.05) is 4.92 Å². The van der Waals surface area contributed by atoms with Crippen LogP contribution in [0.15, 0.2) is 24.3 Å². The maximum Gasteiger partial charge on any atom is 0.352 e. The zero-order valence-corrected chi connectivity index (χ0v) is 12.7. The molecule has 0 bridgehead atoms. The number of carbonyl (C=O) groups excluding carboxylic acids is 2. The second-order valence-corrected chi connectivity index (χ2v) is 4.97. The van der Waals surface area contributed by atoms with Gasteiger partial charge in [-0.15, -0.1) is 0 Å². The second kappa shape index (κ2) is 7.11. The van der Waals surface area contributed by atoms with Crippen LogP contribution >= 0.6 is 0 Å². The van der Waals surface area contributed by atoms with Crippen LogP contribution in [0.2, 0.25) is 0 Å². The number of ether oxygens (including phenoxy) is 1. The van der Waals surface area contributed by atoms with Crippen molar-refractivity contribution in [3.63, 3.8) is 0 Å². The van der Waals surface area contributed by atoms with Gasteiger partial charge in [0.2, 0.25) is 6.54 Å². The van der Waals surface area contributed by atoms with Crippen LogP contribution in [-0.2, 0) is 14.3 Å². The Labute approximate surface area is 127 Å². The van der Waals surface area contributed by atoms with E-state index in [1.807, 2.05) is 0 Å². The van der Waals surface area contributed by atoms with Crippen LogP contribution in [0.3, 0.4) is 0 Å². The molecule has 1 aromatic rings. The summed E-state index contributed by atoms with van der Waals surface area (Å²) in [6.45, 7) is 3.13. The summed E-state index contributed by atoms with van der Waals surface area (Å²) < 4.78 is 19.8. The van der Waals surface area contributed by atoms with Gasteiger partial charge in [0.25, 0.3) is 5.67 Å². The minimum atomic E-state index is -3.08. The molecule has 0 saturated carbocycles. The van der Waals surface area contributed by atoms with Crippen molar-refractivity contribution in [3.8, 4) is 0 Å². The number of nitrogens with zero attached hydrogens (tertiary/aromatic N) is 1. The van der Waals surface area contributed by atoms with Gasteiger partial charge in [-0.1, -0.05) is 29.8 Å². The molecule has 0 radical (unpaired) electrons. The van der Waals surface area contributed by atoms with Crippen molar-refractivity contribution < 1.29 is 23.6 Å². The van der Waals surface area contributed by atoms with Crippen molar-refractivity contribution in [2.75, 3.05) is 13.2 Å². The summed E-state index contributed by atoms with van der Waals surface area (Å²) in [5, 5.41) is 10.9. The Morgan fingerprint density at radius 1 is 1.36 bits per heavy atom. The predicted octanol–water partition coefficient (Wildman–Crippen LogP) is 2.22. The van der Waals surface area contributed by atoms with Crippen LogP contribution in [0, 0.1) is 17.0 Å². The van der Waals surface area contributed by atoms with E-state index in [-0.39, 0.29) is 12.2 Å². The molecule has 0 heterocycles. The van der Waals surface area contributed by atoms with Crippen LogP contribution in [0.5, 0.6) is 0 Å². The molecule has 2 atom stereocenters. The van der Waals surface area contributed by atoms with Gasteiger partial charge in [-0.25, -0.2) is 9.18 Å². The molecule has 0 spiro atoms. The standard InChI is InChI=1S/C15H18FNO5/c1-4-22-14(19)15(16,11(3)18)13(9-17(20)21)12-7-5-10(2)6-8-12/h5-8,13H,4,9H2,1-3H3/t13-,15+/m0/s1. The van der Waals surface area contributed by atoms with Crippen molar-refractivity contribution in [1.29, 1.82) is 0 Å². The quantitative estimate of drug-likeness (QED) is 0.333. The summed E-state index contributed by atoms with van der Waals surface area (Å²) in [5.74, 6) is -4.05. The highest BCUT2D eigenvalue weighted by atomic mass is 19.1. The minimum absolute atomic E-state index is 0.128. The van der Waals surface area contributed by atoms with E-state index in [9.17, 15) is 19.7 Å². The van der Waals surface area contributed by atoms with Gasteiger partial charge in [0.05, 0.1) is 6.61 Å². The summed E-state index contributed by atoms with van der Waals surface area (Å²) in [5.41, 5.74) is -2.02. The van der Waals surface area contributed by atoms with Gasteiger partial charge >= 0.3 is 5.97 Å². The monoisotopic (exact) mass is 311 g/mol. The number of hydrogen-bond acceptors (Lipinski definition) is 5. The number of ketones is 1. The Morgan fingerprint density at radius 3 is 2.32 bits per heavy atom. The number of Topliss-reactive ketones (excluding diaryl/α,β-unsaturated/α-hetero) is 1. The molecule has 0 N–H and O–H groups in total. The number of halogens is 1. The highest BCUT2D eigenvalue weighted by molar-refractivity contribution is 6.07. The van der Waals surface area contributed by atoms with Crippen LogP contribution < -0.4 is 0 Å². The van der Waals surface area contributed by atoms with E-state index in [0.717, 1.165) is 12.5 Å². The molecule has 0 unspecified atom stereocenters. The Balaban J connectivity index is 3.38. The zero-order valence-electron chi connectivity index (χ0n) is 12.7. The number of hydrogen-bond donors (Lipinski definition) is 0. The second-order valence-electron chi connectivity index (χ2n) is 4.97. The average molecular weight is 311 g/mol. The van der Waals surface area contributed by atoms with Crippen LogP contribution in [0.4, 0.5) is 4.39 Å². The first-order valence-electron chi connectivity index (χ1n) is 6.79. The van der Waals surface area contributed by atoms with Crippen molar-refractivity contribution in [2.45, 2.75) is 32.4 Å². The lowest BCUT2D eigenvalue weighted by Crippen LogP contribution is -2.49. The molecule has 7 heteroatoms. The van der Waals surface area contributed by atoms with Gasteiger partial charge in [-0.2, -0.15) is 0 Å². The van der Waals surface area contributed by atoms with E-state index >= 15 is 4.39 Å². The fraction of sp³-hybridized carbons (Fsp3) is 0.467. The molecular weight excluding hydrogens is 293 g/mol. The molecule has 0 fully saturated rings. The molecule has 0 aliphatic heterocycles. The predicted molar refractivity (Wildman–Crippen MR) is 76.9 cm³/mol. The fourth-order valence-corrected chi connectivity index (χ4v) is 2.18. The summed E-state index contributed by atoms with van der Waals surface area (Å²) in [4.78, 5) is 33.8. The van der Waals surface area contributed by atoms with Gasteiger partial charge in [-0.3, -0.25) is 14.9 Å². The smallest absolute Gasteiger partial charge is 0.352 e. The Kier molecular flexibility index (Phi) is 5.73. The van der Waals surface area contributed by atoms with Crippen molar-refractivity contribution in [1.82, 2.24) is 0 Å². The van der Waals surface area contributed by atoms with Gasteiger partial charge < -0.3 is 4.74 Å². The number of benzene rings is 1. The first kappa shape index (κ1) is 17.7. The van der Waals surface area contributed by atoms with E-state index in [1.165, 1.54) is 19.1 Å². The summed E-state index contributed by atoms with van der Waals surface area (Å²) in [6, 6.07) is 6.21. The van der Waals surface area contributed by atoms with Gasteiger partial charge in [0.15, 0.2) is 5.78 Å². The molecule has 1 aromatic carbocycles. The maximum atomic E-state index is 15.2. The molecule has 22 heavy (non-hydrogen) atoms. The van der Waals surface area contributed by atoms with E-state index in [2.05, 4.69) is 4.74 Å². The number of esters is 1. The molecule has 0 saturated heterocycles. The third-order valence-corrected chi connectivity index (χ3v) is 3.38. The van der Waals surface area contributed by atoms with E-state index < -0.39 is 34.8 Å². The summed E-state index contributed by atoms with van der Waals surface area (Å²) >= 11 is 0. The number of rotatable bonds is 7. The third kappa shape index (κ3) is 3.66. The molecular formula is C15H18FNO5. The molecule has 120 valence electrons. The van der Waals surface area contributed by atoms with Crippen molar-refractivity contribution >= 4 is 11.8 Å². The average Bonchev–Trinajstić information content (AvgIpc) is 2.44. The van der Waals surface area contributed by atoms with E-state index in [1.54, 1.807) is 19.1 Å². The lowest BCUT2D eigenvalue weighted by molar-refractivity contribution is -0.485. The molecule has 0 aliphatic carbocycles. The first-order chi connectivity index (χ1) is 10.2. The zero-order chi connectivity index (χ0) is 16.9. The number of carbonyl (C=O) groups is 2. The molecule has 0 amide bonds. The Morgan fingerprint density at radius 2 is 1.91 bits per heavy atom. The molecule has 0 aromatic heterocycles. The minimum Gasteiger partial charge on any atom is -0.463 e. The van der Waals surface area contributed by atoms with Crippen LogP contribution in [0.25, 0.3) is 0 Å². The van der Waals surface area contributed by atoms with E-state index in [0.29, 0.717) is 0 Å². The lowest BCUT2D eigenvalue weighted by Gasteiger charge is -2.27. The summed E-state index contributed by atoms with van der Waals surface area (Å²) in [6.07, 6.45) is 0. The van der Waals surface area contributed by atoms with Crippen LogP contribution in [-0.4, -0.2) is 35.5 Å². The maximum absolute atomic E-state index is 15.2. The first-order valence-corrected chi connectivity index (χ1v) is 6.79. The topological polar surface area (TPSA) is 86.5 Å². The molecule has 1 rings (SSSR count). The van der Waals surface area contributed by atoms with Crippen molar-refractivity contribution in [3.05, 3.63) is 45.5 Å². The molecule has 0 aliphatic rings. The van der Waals surface area contributed by atoms with Gasteiger partial charge in [0.1, 0.15) is 5.92 Å². The fourth-order valence-electron chi connectivity index (χ4n) is 2.18. The Hall–Kier alpha value is -2.31. The number of nitro groups is 1. The summed E-state index contributed by atoms with van der Waals surface area (Å²) in [7, 11) is 0.